The molecule has 0 spiro atoms. The van der Waals surface area contributed by atoms with E-state index in [2.05, 4.69) is 6.92 Å². The van der Waals surface area contributed by atoms with Gasteiger partial charge in [0.15, 0.2) is 0 Å². The van der Waals surface area contributed by atoms with Gasteiger partial charge in [0.2, 0.25) is 0 Å². The topological polar surface area (TPSA) is 9.23 Å². The molecule has 65 valence electrons. The van der Waals surface area contributed by atoms with Gasteiger partial charge in [-0.15, -0.1) is 0 Å². The molecule has 0 aromatic heterocycles. The third-order valence-electron chi connectivity index (χ3n) is 1.58. The first-order valence-electron chi connectivity index (χ1n) is 4.27. The quantitative estimate of drug-likeness (QED) is 0.665. The van der Waals surface area contributed by atoms with Crippen LogP contribution >= 0.6 is 0 Å². The van der Waals surface area contributed by atoms with Crippen molar-refractivity contribution in [3.05, 3.63) is 36.8 Å². The molecule has 1 heteroatoms. The van der Waals surface area contributed by atoms with E-state index in [-0.39, 0.29) is 6.10 Å². The van der Waals surface area contributed by atoms with E-state index in [4.69, 9.17) is 4.74 Å². The van der Waals surface area contributed by atoms with Gasteiger partial charge in [0, 0.05) is 0 Å². The smallest absolute Gasteiger partial charge is 0.119 e. The van der Waals surface area contributed by atoms with Crippen LogP contribution in [-0.4, -0.2) is 6.10 Å². The van der Waals surface area contributed by atoms with Crippen molar-refractivity contribution in [3.63, 3.8) is 0 Å². The summed E-state index contributed by atoms with van der Waals surface area (Å²) in [7, 11) is 0. The molecular formula is C11H15O. The minimum Gasteiger partial charge on any atom is -0.491 e. The van der Waals surface area contributed by atoms with Crippen molar-refractivity contribution in [3.8, 4) is 5.75 Å². The Morgan fingerprint density at radius 2 is 1.83 bits per heavy atom. The standard InChI is InChI=1S/C11H15O/c1-4-10-5-7-11(8-6-10)12-9(2)3/h5-9H,1,4H2,2-3H3. The summed E-state index contributed by atoms with van der Waals surface area (Å²) in [5.41, 5.74) is 1.24. The molecule has 1 rings (SSSR count). The van der Waals surface area contributed by atoms with Crippen LogP contribution in [0.15, 0.2) is 24.3 Å². The second-order valence-electron chi connectivity index (χ2n) is 3.06. The zero-order valence-corrected chi connectivity index (χ0v) is 7.71. The molecule has 1 radical (unpaired) electrons. The molecule has 0 atom stereocenters. The van der Waals surface area contributed by atoms with Crippen LogP contribution in [0.3, 0.4) is 0 Å². The molecule has 0 amide bonds. The summed E-state index contributed by atoms with van der Waals surface area (Å²) in [6.07, 6.45) is 1.08. The van der Waals surface area contributed by atoms with Crippen LogP contribution in [0.4, 0.5) is 0 Å². The maximum atomic E-state index is 5.49. The van der Waals surface area contributed by atoms with E-state index < -0.39 is 0 Å². The Balaban J connectivity index is 2.65. The van der Waals surface area contributed by atoms with Crippen LogP contribution in [0.25, 0.3) is 0 Å². The van der Waals surface area contributed by atoms with E-state index in [1.54, 1.807) is 0 Å². The van der Waals surface area contributed by atoms with Crippen LogP contribution in [0.1, 0.15) is 19.4 Å². The monoisotopic (exact) mass is 163 g/mol. The number of ether oxygens (including phenoxy) is 1. The zero-order valence-electron chi connectivity index (χ0n) is 7.71. The molecule has 0 N–H and O–H groups in total. The van der Waals surface area contributed by atoms with E-state index >= 15 is 0 Å². The number of rotatable bonds is 3. The maximum absolute atomic E-state index is 5.49. The third-order valence-corrected chi connectivity index (χ3v) is 1.58. The first kappa shape index (κ1) is 9.11. The van der Waals surface area contributed by atoms with Crippen molar-refractivity contribution >= 4 is 0 Å². The maximum Gasteiger partial charge on any atom is 0.119 e. The lowest BCUT2D eigenvalue weighted by molar-refractivity contribution is 0.242. The molecule has 0 fully saturated rings. The Hall–Kier alpha value is -0.980. The number of hydrogen-bond donors (Lipinski definition) is 0. The van der Waals surface area contributed by atoms with Crippen LogP contribution in [0.2, 0.25) is 0 Å². The van der Waals surface area contributed by atoms with Gasteiger partial charge in [0.25, 0.3) is 0 Å². The highest BCUT2D eigenvalue weighted by molar-refractivity contribution is 5.27. The Bertz CT molecular complexity index is 223. The average Bonchev–Trinajstić information content (AvgIpc) is 2.05. The van der Waals surface area contributed by atoms with E-state index in [0.29, 0.717) is 0 Å². The van der Waals surface area contributed by atoms with Crippen molar-refractivity contribution in [2.24, 2.45) is 0 Å². The fourth-order valence-electron chi connectivity index (χ4n) is 1.01. The normalized spacial score (nSPS) is 10.3. The molecule has 1 nitrogen and oxygen atoms in total. The summed E-state index contributed by atoms with van der Waals surface area (Å²) in [4.78, 5) is 0. The average molecular weight is 163 g/mol. The van der Waals surface area contributed by atoms with E-state index in [1.165, 1.54) is 5.56 Å². The Kier molecular flexibility index (Phi) is 3.15. The van der Waals surface area contributed by atoms with Crippen LogP contribution in [0, 0.1) is 6.92 Å². The Labute approximate surface area is 74.4 Å². The lowest BCUT2D eigenvalue weighted by Crippen LogP contribution is -2.05. The van der Waals surface area contributed by atoms with Gasteiger partial charge in [-0.25, -0.2) is 0 Å². The largest absolute Gasteiger partial charge is 0.491 e. The van der Waals surface area contributed by atoms with Crippen LogP contribution < -0.4 is 4.74 Å². The highest BCUT2D eigenvalue weighted by Gasteiger charge is 1.96. The minimum atomic E-state index is 0.246. The predicted molar refractivity (Wildman–Crippen MR) is 51.3 cm³/mol. The van der Waals surface area contributed by atoms with E-state index in [1.807, 2.05) is 38.1 Å². The Morgan fingerprint density at radius 1 is 1.25 bits per heavy atom. The molecule has 1 aromatic rings. The summed E-state index contributed by atoms with van der Waals surface area (Å²) in [6.45, 7) is 7.85. The van der Waals surface area contributed by atoms with Gasteiger partial charge in [-0.05, 0) is 44.9 Å². The lowest BCUT2D eigenvalue weighted by Gasteiger charge is -2.09. The van der Waals surface area contributed by atoms with Gasteiger partial charge in [-0.2, -0.15) is 0 Å². The van der Waals surface area contributed by atoms with Crippen LogP contribution in [-0.2, 0) is 6.42 Å². The fraction of sp³-hybridized carbons (Fsp3) is 0.364. The first-order valence-corrected chi connectivity index (χ1v) is 4.27. The fourth-order valence-corrected chi connectivity index (χ4v) is 1.01. The molecule has 12 heavy (non-hydrogen) atoms. The van der Waals surface area contributed by atoms with Gasteiger partial charge in [0.05, 0.1) is 6.10 Å². The molecule has 0 unspecified atom stereocenters. The third kappa shape index (κ3) is 2.57. The van der Waals surface area contributed by atoms with Crippen molar-refractivity contribution in [1.82, 2.24) is 0 Å². The molecule has 1 aromatic carbocycles. The minimum absolute atomic E-state index is 0.246. The number of benzene rings is 1. The highest BCUT2D eigenvalue weighted by Crippen LogP contribution is 2.13. The van der Waals surface area contributed by atoms with Gasteiger partial charge in [0.1, 0.15) is 5.75 Å². The van der Waals surface area contributed by atoms with Gasteiger partial charge >= 0.3 is 0 Å². The van der Waals surface area contributed by atoms with Crippen molar-refractivity contribution < 1.29 is 4.74 Å². The zero-order chi connectivity index (χ0) is 8.97. The van der Waals surface area contributed by atoms with Crippen molar-refractivity contribution in [2.75, 3.05) is 0 Å². The highest BCUT2D eigenvalue weighted by atomic mass is 16.5. The summed E-state index contributed by atoms with van der Waals surface area (Å²) < 4.78 is 5.49. The van der Waals surface area contributed by atoms with Gasteiger partial charge in [-0.3, -0.25) is 0 Å². The molecule has 0 aliphatic rings. The summed E-state index contributed by atoms with van der Waals surface area (Å²) in [6, 6.07) is 8.07. The molecule has 0 aliphatic carbocycles. The van der Waals surface area contributed by atoms with Crippen molar-refractivity contribution in [2.45, 2.75) is 26.4 Å². The van der Waals surface area contributed by atoms with Crippen molar-refractivity contribution in [1.29, 1.82) is 0 Å². The molecule has 0 bridgehead atoms. The predicted octanol–water partition coefficient (Wildman–Crippen LogP) is 2.85. The van der Waals surface area contributed by atoms with E-state index in [0.717, 1.165) is 12.2 Å². The second-order valence-corrected chi connectivity index (χ2v) is 3.06. The van der Waals surface area contributed by atoms with E-state index in [9.17, 15) is 0 Å². The lowest BCUT2D eigenvalue weighted by atomic mass is 10.2. The van der Waals surface area contributed by atoms with Gasteiger partial charge < -0.3 is 4.74 Å². The molecule has 0 aliphatic heterocycles. The molecule has 0 heterocycles. The van der Waals surface area contributed by atoms with Gasteiger partial charge in [-0.1, -0.05) is 12.1 Å². The summed E-state index contributed by atoms with van der Waals surface area (Å²) in [5.74, 6) is 0.933. The first-order chi connectivity index (χ1) is 5.72. The molecule has 0 saturated heterocycles. The molecular weight excluding hydrogens is 148 g/mol. The second kappa shape index (κ2) is 4.15. The molecule has 0 saturated carbocycles. The number of hydrogen-bond acceptors (Lipinski definition) is 1. The summed E-state index contributed by atoms with van der Waals surface area (Å²) >= 11 is 0. The Morgan fingerprint density at radius 3 is 2.25 bits per heavy atom. The summed E-state index contributed by atoms with van der Waals surface area (Å²) in [5, 5.41) is 0. The van der Waals surface area contributed by atoms with Crippen LogP contribution in [0.5, 0.6) is 5.75 Å². The SMILES string of the molecule is [CH2]Cc1ccc(OC(C)C)cc1.